The van der Waals surface area contributed by atoms with Crippen LogP contribution in [0.2, 0.25) is 19.6 Å². The van der Waals surface area contributed by atoms with Gasteiger partial charge < -0.3 is 10.2 Å². The maximum atomic E-state index is 9.51. The topological polar surface area (TPSA) is 40.5 Å². The standard InChI is InChI=1S/C10H21ClO2Si/c1-8(14(2,3)4)5-6-10(13)9(11)7-12/h9-10,12-13H,1,5-7H2,2-4H3. The fourth-order valence-electron chi connectivity index (χ4n) is 1.000. The fourth-order valence-corrected chi connectivity index (χ4v) is 2.02. The minimum atomic E-state index is -1.28. The lowest BCUT2D eigenvalue weighted by atomic mass is 10.1. The summed E-state index contributed by atoms with van der Waals surface area (Å²) in [7, 11) is -1.28. The quantitative estimate of drug-likeness (QED) is 0.548. The highest BCUT2D eigenvalue weighted by Gasteiger charge is 2.20. The Hall–Kier alpha value is 0.167. The molecule has 0 aromatic heterocycles. The van der Waals surface area contributed by atoms with Crippen molar-refractivity contribution in [3.05, 3.63) is 11.8 Å². The highest BCUT2D eigenvalue weighted by molar-refractivity contribution is 6.82. The SMILES string of the molecule is C=C(CCC(O)C(Cl)CO)[Si](C)(C)C. The van der Waals surface area contributed by atoms with E-state index in [2.05, 4.69) is 26.2 Å². The highest BCUT2D eigenvalue weighted by atomic mass is 35.5. The maximum Gasteiger partial charge on any atom is 0.0825 e. The first-order valence-electron chi connectivity index (χ1n) is 4.90. The van der Waals surface area contributed by atoms with E-state index in [4.69, 9.17) is 16.7 Å². The van der Waals surface area contributed by atoms with E-state index in [-0.39, 0.29) is 6.61 Å². The molecule has 0 aliphatic heterocycles. The third-order valence-corrected chi connectivity index (χ3v) is 5.19. The number of aliphatic hydroxyl groups excluding tert-OH is 2. The van der Waals surface area contributed by atoms with Crippen molar-refractivity contribution in [2.24, 2.45) is 0 Å². The van der Waals surface area contributed by atoms with Crippen LogP contribution < -0.4 is 0 Å². The molecule has 0 saturated heterocycles. The van der Waals surface area contributed by atoms with Gasteiger partial charge in [-0.2, -0.15) is 0 Å². The van der Waals surface area contributed by atoms with Crippen LogP contribution in [0.1, 0.15) is 12.8 Å². The third-order valence-electron chi connectivity index (χ3n) is 2.39. The Kier molecular flexibility index (Phi) is 5.98. The number of hydrogen-bond acceptors (Lipinski definition) is 2. The van der Waals surface area contributed by atoms with Crippen LogP contribution in [0.3, 0.4) is 0 Å². The van der Waals surface area contributed by atoms with Gasteiger partial charge in [0.1, 0.15) is 0 Å². The van der Waals surface area contributed by atoms with E-state index in [9.17, 15) is 5.11 Å². The van der Waals surface area contributed by atoms with E-state index in [0.29, 0.717) is 6.42 Å². The molecule has 0 rings (SSSR count). The first kappa shape index (κ1) is 14.2. The van der Waals surface area contributed by atoms with E-state index in [1.165, 1.54) is 5.20 Å². The van der Waals surface area contributed by atoms with Crippen LogP contribution >= 0.6 is 11.6 Å². The van der Waals surface area contributed by atoms with Gasteiger partial charge >= 0.3 is 0 Å². The molecule has 14 heavy (non-hydrogen) atoms. The molecule has 2 N–H and O–H groups in total. The van der Waals surface area contributed by atoms with Crippen molar-refractivity contribution in [1.29, 1.82) is 0 Å². The summed E-state index contributed by atoms with van der Waals surface area (Å²) in [5, 5.41) is 18.9. The Morgan fingerprint density at radius 1 is 1.43 bits per heavy atom. The molecule has 0 fully saturated rings. The predicted octanol–water partition coefficient (Wildman–Crippen LogP) is 2.16. The summed E-state index contributed by atoms with van der Waals surface area (Å²) in [5.41, 5.74) is 0. The lowest BCUT2D eigenvalue weighted by Gasteiger charge is -2.21. The van der Waals surface area contributed by atoms with Crippen molar-refractivity contribution in [2.75, 3.05) is 6.61 Å². The maximum absolute atomic E-state index is 9.51. The Balaban J connectivity index is 3.89. The van der Waals surface area contributed by atoms with Gasteiger partial charge in [0.05, 0.1) is 26.2 Å². The predicted molar refractivity (Wildman–Crippen MR) is 64.5 cm³/mol. The molecule has 0 spiro atoms. The molecule has 84 valence electrons. The van der Waals surface area contributed by atoms with E-state index >= 15 is 0 Å². The second-order valence-electron chi connectivity index (χ2n) is 4.66. The summed E-state index contributed by atoms with van der Waals surface area (Å²) in [6.07, 6.45) is 0.771. The molecule has 0 amide bonds. The lowest BCUT2D eigenvalue weighted by molar-refractivity contribution is 0.130. The van der Waals surface area contributed by atoms with Crippen molar-refractivity contribution < 1.29 is 10.2 Å². The van der Waals surface area contributed by atoms with Crippen LogP contribution in [-0.4, -0.2) is 36.4 Å². The zero-order valence-corrected chi connectivity index (χ0v) is 11.0. The number of hydrogen-bond donors (Lipinski definition) is 2. The van der Waals surface area contributed by atoms with Crippen LogP contribution in [0.5, 0.6) is 0 Å². The number of allylic oxidation sites excluding steroid dienone is 1. The third kappa shape index (κ3) is 5.15. The second-order valence-corrected chi connectivity index (χ2v) is 10.4. The van der Waals surface area contributed by atoms with Crippen molar-refractivity contribution in [3.63, 3.8) is 0 Å². The van der Waals surface area contributed by atoms with Gasteiger partial charge in [-0.25, -0.2) is 0 Å². The number of alkyl halides is 1. The molecule has 2 atom stereocenters. The second kappa shape index (κ2) is 5.91. The van der Waals surface area contributed by atoms with Crippen LogP contribution in [0.15, 0.2) is 11.8 Å². The number of halogens is 1. The largest absolute Gasteiger partial charge is 0.395 e. The zero-order valence-electron chi connectivity index (χ0n) is 9.26. The van der Waals surface area contributed by atoms with Gasteiger partial charge in [0.2, 0.25) is 0 Å². The minimum Gasteiger partial charge on any atom is -0.395 e. The molecule has 0 bridgehead atoms. The number of rotatable bonds is 6. The highest BCUT2D eigenvalue weighted by Crippen LogP contribution is 2.20. The van der Waals surface area contributed by atoms with E-state index < -0.39 is 19.6 Å². The van der Waals surface area contributed by atoms with Crippen molar-refractivity contribution in [2.45, 2.75) is 44.0 Å². The van der Waals surface area contributed by atoms with Crippen LogP contribution in [0.25, 0.3) is 0 Å². The Bertz CT molecular complexity index is 189. The molecule has 0 aromatic carbocycles. The van der Waals surface area contributed by atoms with E-state index in [1.807, 2.05) is 0 Å². The summed E-state index contributed by atoms with van der Waals surface area (Å²) >= 11 is 5.70. The van der Waals surface area contributed by atoms with Gasteiger partial charge in [0.15, 0.2) is 0 Å². The zero-order chi connectivity index (χ0) is 11.4. The molecule has 0 saturated carbocycles. The molecule has 0 heterocycles. The summed E-state index contributed by atoms with van der Waals surface area (Å²) < 4.78 is 0. The molecule has 0 aliphatic carbocycles. The molecule has 0 radical (unpaired) electrons. The number of aliphatic hydroxyl groups is 2. The van der Waals surface area contributed by atoms with Gasteiger partial charge in [-0.3, -0.25) is 0 Å². The summed E-state index contributed by atoms with van der Waals surface area (Å²) in [6.45, 7) is 10.5. The van der Waals surface area contributed by atoms with Crippen LogP contribution in [-0.2, 0) is 0 Å². The van der Waals surface area contributed by atoms with Crippen LogP contribution in [0, 0.1) is 0 Å². The van der Waals surface area contributed by atoms with Crippen molar-refractivity contribution in [1.82, 2.24) is 0 Å². The average molecular weight is 237 g/mol. The van der Waals surface area contributed by atoms with Gasteiger partial charge in [-0.1, -0.05) is 24.8 Å². The molecule has 2 unspecified atom stereocenters. The first-order valence-corrected chi connectivity index (χ1v) is 8.84. The van der Waals surface area contributed by atoms with E-state index in [0.717, 1.165) is 6.42 Å². The summed E-state index contributed by atoms with van der Waals surface area (Å²) in [4.78, 5) is 0. The fraction of sp³-hybridized carbons (Fsp3) is 0.800. The molecule has 2 nitrogen and oxygen atoms in total. The molecule has 0 aliphatic rings. The Morgan fingerprint density at radius 2 is 1.93 bits per heavy atom. The molecule has 4 heteroatoms. The van der Waals surface area contributed by atoms with Crippen molar-refractivity contribution in [3.8, 4) is 0 Å². The van der Waals surface area contributed by atoms with Gasteiger partial charge in [0, 0.05) is 0 Å². The van der Waals surface area contributed by atoms with Crippen LogP contribution in [0.4, 0.5) is 0 Å². The molecule has 0 aromatic rings. The average Bonchev–Trinajstić information content (AvgIpc) is 2.10. The van der Waals surface area contributed by atoms with Gasteiger partial charge in [-0.05, 0) is 12.8 Å². The van der Waals surface area contributed by atoms with E-state index in [1.54, 1.807) is 0 Å². The minimum absolute atomic E-state index is 0.178. The normalized spacial score (nSPS) is 16.4. The lowest BCUT2D eigenvalue weighted by Crippen LogP contribution is -2.27. The Labute approximate surface area is 92.6 Å². The first-order chi connectivity index (χ1) is 6.29. The van der Waals surface area contributed by atoms with Crippen molar-refractivity contribution >= 4 is 19.7 Å². The monoisotopic (exact) mass is 236 g/mol. The van der Waals surface area contributed by atoms with Gasteiger partial charge in [0.25, 0.3) is 0 Å². The summed E-state index contributed by atoms with van der Waals surface area (Å²) in [5.74, 6) is 0. The molecular formula is C10H21ClO2Si. The Morgan fingerprint density at radius 3 is 2.29 bits per heavy atom. The smallest absolute Gasteiger partial charge is 0.0825 e. The summed E-state index contributed by atoms with van der Waals surface area (Å²) in [6, 6.07) is 0. The van der Waals surface area contributed by atoms with Gasteiger partial charge in [-0.15, -0.1) is 18.2 Å². The molecular weight excluding hydrogens is 216 g/mol.